The van der Waals surface area contributed by atoms with Crippen LogP contribution in [0.5, 0.6) is 0 Å². The molecular weight excluding hydrogens is 411 g/mol. The van der Waals surface area contributed by atoms with Crippen LogP contribution in [-0.4, -0.2) is 46.0 Å². The molecule has 156 valence electrons. The number of rotatable bonds is 2. The summed E-state index contributed by atoms with van der Waals surface area (Å²) in [5.41, 5.74) is 3.07. The van der Waals surface area contributed by atoms with Crippen LogP contribution in [0, 0.1) is 0 Å². The third kappa shape index (κ3) is 2.64. The number of benzene rings is 1. The van der Waals surface area contributed by atoms with Gasteiger partial charge in [0.25, 0.3) is 0 Å². The lowest BCUT2D eigenvalue weighted by Gasteiger charge is -2.22. The van der Waals surface area contributed by atoms with Gasteiger partial charge in [-0.3, -0.25) is 10.2 Å². The molecule has 0 amide bonds. The van der Waals surface area contributed by atoms with E-state index in [-0.39, 0.29) is 5.56 Å². The van der Waals surface area contributed by atoms with Crippen LogP contribution in [-0.2, 0) is 19.0 Å². The van der Waals surface area contributed by atoms with Crippen molar-refractivity contribution in [2.45, 2.75) is 31.9 Å². The fraction of sp³-hybridized carbons (Fsp3) is 0.263. The van der Waals surface area contributed by atoms with E-state index in [0.717, 1.165) is 46.7 Å². The average molecular weight is 425 g/mol. The smallest absolute Gasteiger partial charge is 0.284 e. The van der Waals surface area contributed by atoms with Crippen molar-refractivity contribution < 1.29 is 13.2 Å². The number of hydrogen-bond donors (Lipinski definition) is 3. The number of halogens is 3. The Kier molecular flexibility index (Phi) is 3.67. The van der Waals surface area contributed by atoms with E-state index < -0.39 is 11.9 Å². The minimum Gasteiger partial charge on any atom is -0.284 e. The van der Waals surface area contributed by atoms with Gasteiger partial charge in [0.1, 0.15) is 5.69 Å². The molecule has 1 aromatic carbocycles. The van der Waals surface area contributed by atoms with Crippen LogP contribution in [0.4, 0.5) is 13.2 Å². The van der Waals surface area contributed by atoms with Gasteiger partial charge in [-0.25, -0.2) is 10.1 Å². The molecular formula is C19H14F3N9. The largest absolute Gasteiger partial charge is 0.435 e. The zero-order valence-electron chi connectivity index (χ0n) is 15.9. The molecule has 3 N–H and O–H groups in total. The van der Waals surface area contributed by atoms with Gasteiger partial charge in [0.2, 0.25) is 5.82 Å². The minimum absolute atomic E-state index is 0.0282. The monoisotopic (exact) mass is 425 g/mol. The quantitative estimate of drug-likeness (QED) is 0.397. The Morgan fingerprint density at radius 3 is 2.52 bits per heavy atom. The molecule has 9 nitrogen and oxygen atoms in total. The van der Waals surface area contributed by atoms with Crippen LogP contribution in [0.25, 0.3) is 44.6 Å². The van der Waals surface area contributed by atoms with Gasteiger partial charge in [0.05, 0.1) is 22.3 Å². The Bertz CT molecular complexity index is 1430. The molecule has 0 spiro atoms. The summed E-state index contributed by atoms with van der Waals surface area (Å²) in [5, 5.41) is 28.8. The standard InChI is InChI=1S/C19H14F3N9/c20-19(21,22)17-10(7-23-27-17)15-9-4-2-1-3-8(9)13-11(24-15)5-6-12-14(13)16(26-25-12)18-28-30-31-29-18/h5-7H,1-4H2,(H,23,27)(H,25,26)(H,28,29,30,31). The summed E-state index contributed by atoms with van der Waals surface area (Å²) in [5.74, 6) is 0.404. The van der Waals surface area contributed by atoms with Crippen molar-refractivity contribution in [1.82, 2.24) is 46.0 Å². The summed E-state index contributed by atoms with van der Waals surface area (Å²) in [6.07, 6.45) is -0.103. The lowest BCUT2D eigenvalue weighted by Crippen LogP contribution is -2.11. The van der Waals surface area contributed by atoms with E-state index in [1.54, 1.807) is 6.07 Å². The number of nitrogens with zero attached hydrogens (tertiary/aromatic N) is 6. The van der Waals surface area contributed by atoms with Crippen molar-refractivity contribution in [3.63, 3.8) is 0 Å². The zero-order chi connectivity index (χ0) is 21.2. The first-order valence-electron chi connectivity index (χ1n) is 9.70. The van der Waals surface area contributed by atoms with Crippen LogP contribution in [0.15, 0.2) is 18.3 Å². The van der Waals surface area contributed by atoms with Gasteiger partial charge in [-0.15, -0.1) is 5.10 Å². The van der Waals surface area contributed by atoms with Crippen LogP contribution in [0.1, 0.15) is 29.7 Å². The molecule has 0 atom stereocenters. The second kappa shape index (κ2) is 6.33. The molecule has 0 fully saturated rings. The molecule has 0 aliphatic heterocycles. The van der Waals surface area contributed by atoms with E-state index >= 15 is 0 Å². The Morgan fingerprint density at radius 2 is 1.74 bits per heavy atom. The molecule has 0 saturated heterocycles. The number of fused-ring (bicyclic) bond motifs is 5. The van der Waals surface area contributed by atoms with Crippen molar-refractivity contribution in [3.05, 3.63) is 35.2 Å². The predicted octanol–water partition coefficient (Wildman–Crippen LogP) is 3.58. The number of alkyl halides is 3. The maximum absolute atomic E-state index is 13.5. The molecule has 0 radical (unpaired) electrons. The number of hydrogen-bond acceptors (Lipinski definition) is 6. The molecule has 4 aromatic heterocycles. The molecule has 0 bridgehead atoms. The van der Waals surface area contributed by atoms with Crippen LogP contribution >= 0.6 is 0 Å². The normalized spacial score (nSPS) is 14.4. The summed E-state index contributed by atoms with van der Waals surface area (Å²) in [6, 6.07) is 3.61. The van der Waals surface area contributed by atoms with Gasteiger partial charge in [-0.2, -0.15) is 23.4 Å². The Hall–Kier alpha value is -3.83. The Labute approximate surface area is 171 Å². The highest BCUT2D eigenvalue weighted by atomic mass is 19.4. The first-order valence-corrected chi connectivity index (χ1v) is 9.70. The summed E-state index contributed by atoms with van der Waals surface area (Å²) in [7, 11) is 0. The number of aromatic amines is 3. The summed E-state index contributed by atoms with van der Waals surface area (Å²) in [6.45, 7) is 0. The maximum Gasteiger partial charge on any atom is 0.435 e. The topological polar surface area (TPSA) is 125 Å². The van der Waals surface area contributed by atoms with E-state index in [4.69, 9.17) is 4.98 Å². The second-order valence-electron chi connectivity index (χ2n) is 7.47. The number of H-pyrrole nitrogens is 3. The molecule has 0 saturated carbocycles. The SMILES string of the molecule is FC(F)(F)c1n[nH]cc1-c1nc2ccc3[nH]nc(-c4nnn[nH]4)c3c2c2c1CCCC2. The summed E-state index contributed by atoms with van der Waals surface area (Å²) >= 11 is 0. The fourth-order valence-corrected chi connectivity index (χ4v) is 4.47. The number of pyridine rings is 1. The number of nitrogens with one attached hydrogen (secondary N) is 3. The lowest BCUT2D eigenvalue weighted by molar-refractivity contribution is -0.140. The molecule has 1 aliphatic carbocycles. The highest BCUT2D eigenvalue weighted by Gasteiger charge is 2.38. The molecule has 5 aromatic rings. The minimum atomic E-state index is -4.57. The highest BCUT2D eigenvalue weighted by molar-refractivity contribution is 6.13. The van der Waals surface area contributed by atoms with Crippen molar-refractivity contribution in [1.29, 1.82) is 0 Å². The van der Waals surface area contributed by atoms with Crippen LogP contribution in [0.2, 0.25) is 0 Å². The van der Waals surface area contributed by atoms with Gasteiger partial charge in [0, 0.05) is 17.0 Å². The lowest BCUT2D eigenvalue weighted by atomic mass is 9.85. The third-order valence-corrected chi connectivity index (χ3v) is 5.73. The molecule has 0 unspecified atom stereocenters. The van der Waals surface area contributed by atoms with Gasteiger partial charge in [-0.1, -0.05) is 0 Å². The van der Waals surface area contributed by atoms with Crippen molar-refractivity contribution in [2.24, 2.45) is 0 Å². The highest BCUT2D eigenvalue weighted by Crippen LogP contribution is 2.42. The van der Waals surface area contributed by atoms with E-state index in [9.17, 15) is 13.2 Å². The van der Waals surface area contributed by atoms with Gasteiger partial charge < -0.3 is 0 Å². The summed E-state index contributed by atoms with van der Waals surface area (Å²) in [4.78, 5) is 4.69. The molecule has 6 rings (SSSR count). The number of aromatic nitrogens is 9. The number of aryl methyl sites for hydroxylation is 1. The Balaban J connectivity index is 1.71. The van der Waals surface area contributed by atoms with Gasteiger partial charge in [-0.05, 0) is 59.4 Å². The van der Waals surface area contributed by atoms with E-state index in [2.05, 4.69) is 41.0 Å². The molecule has 31 heavy (non-hydrogen) atoms. The number of tetrazole rings is 1. The first-order chi connectivity index (χ1) is 15.0. The Morgan fingerprint density at radius 1 is 0.903 bits per heavy atom. The van der Waals surface area contributed by atoms with Gasteiger partial charge >= 0.3 is 6.18 Å². The fourth-order valence-electron chi connectivity index (χ4n) is 4.47. The molecule has 1 aliphatic rings. The second-order valence-corrected chi connectivity index (χ2v) is 7.47. The third-order valence-electron chi connectivity index (χ3n) is 5.73. The predicted molar refractivity (Wildman–Crippen MR) is 104 cm³/mol. The maximum atomic E-state index is 13.5. The molecule has 4 heterocycles. The van der Waals surface area contributed by atoms with Crippen molar-refractivity contribution in [3.8, 4) is 22.8 Å². The van der Waals surface area contributed by atoms with E-state index in [1.165, 1.54) is 6.20 Å². The summed E-state index contributed by atoms with van der Waals surface area (Å²) < 4.78 is 40.6. The van der Waals surface area contributed by atoms with Crippen LogP contribution < -0.4 is 0 Å². The average Bonchev–Trinajstić information content (AvgIpc) is 3.52. The molecule has 12 heteroatoms. The van der Waals surface area contributed by atoms with Gasteiger partial charge in [0.15, 0.2) is 5.69 Å². The van der Waals surface area contributed by atoms with Crippen molar-refractivity contribution in [2.75, 3.05) is 0 Å². The first kappa shape index (κ1) is 18.0. The van der Waals surface area contributed by atoms with E-state index in [0.29, 0.717) is 29.1 Å². The van der Waals surface area contributed by atoms with E-state index in [1.807, 2.05) is 6.07 Å². The zero-order valence-corrected chi connectivity index (χ0v) is 15.9. The van der Waals surface area contributed by atoms with Crippen LogP contribution in [0.3, 0.4) is 0 Å². The van der Waals surface area contributed by atoms with Crippen molar-refractivity contribution >= 4 is 21.8 Å².